The van der Waals surface area contributed by atoms with Gasteiger partial charge in [-0.3, -0.25) is 9.59 Å². The zero-order valence-corrected chi connectivity index (χ0v) is 12.6. The molecule has 0 radical (unpaired) electrons. The van der Waals surface area contributed by atoms with E-state index in [1.54, 1.807) is 24.3 Å². The molecule has 23 heavy (non-hydrogen) atoms. The van der Waals surface area contributed by atoms with Crippen LogP contribution in [0.4, 0.5) is 0 Å². The lowest BCUT2D eigenvalue weighted by atomic mass is 10.3. The highest BCUT2D eigenvalue weighted by atomic mass is 16.6. The summed E-state index contributed by atoms with van der Waals surface area (Å²) < 4.78 is 10.2. The highest BCUT2D eigenvalue weighted by Crippen LogP contribution is 2.08. The van der Waals surface area contributed by atoms with Crippen LogP contribution in [0.2, 0.25) is 0 Å². The summed E-state index contributed by atoms with van der Waals surface area (Å²) in [7, 11) is 0. The van der Waals surface area contributed by atoms with E-state index in [0.29, 0.717) is 5.75 Å². The SMILES string of the molecule is NC(=O)CCC(=O)NCC(CO)OC(=O)COc1ccccc1. The molecule has 0 aliphatic heterocycles. The zero-order chi connectivity index (χ0) is 17.1. The molecule has 1 aromatic carbocycles. The molecule has 0 heterocycles. The first-order valence-electron chi connectivity index (χ1n) is 7.04. The number of para-hydroxylation sites is 1. The summed E-state index contributed by atoms with van der Waals surface area (Å²) in [5.74, 6) is -1.15. The van der Waals surface area contributed by atoms with Crippen molar-refractivity contribution in [3.8, 4) is 5.75 Å². The largest absolute Gasteiger partial charge is 0.482 e. The van der Waals surface area contributed by atoms with Gasteiger partial charge in [0, 0.05) is 12.8 Å². The van der Waals surface area contributed by atoms with Crippen LogP contribution in [0, 0.1) is 0 Å². The molecule has 0 spiro atoms. The van der Waals surface area contributed by atoms with E-state index < -0.39 is 30.5 Å². The number of nitrogens with two attached hydrogens (primary N) is 1. The number of aliphatic hydroxyl groups excluding tert-OH is 1. The van der Waals surface area contributed by atoms with E-state index in [1.165, 1.54) is 0 Å². The molecule has 0 fully saturated rings. The van der Waals surface area contributed by atoms with Crippen molar-refractivity contribution in [1.82, 2.24) is 5.32 Å². The predicted octanol–water partition coefficient (Wildman–Crippen LogP) is -0.649. The smallest absolute Gasteiger partial charge is 0.344 e. The van der Waals surface area contributed by atoms with Gasteiger partial charge in [0.1, 0.15) is 11.9 Å². The van der Waals surface area contributed by atoms with Crippen LogP contribution in [0.25, 0.3) is 0 Å². The second-order valence-electron chi connectivity index (χ2n) is 4.67. The number of carbonyl (C=O) groups excluding carboxylic acids is 3. The number of ether oxygens (including phenoxy) is 2. The van der Waals surface area contributed by atoms with Gasteiger partial charge in [-0.05, 0) is 12.1 Å². The Morgan fingerprint density at radius 1 is 1.17 bits per heavy atom. The Bertz CT molecular complexity index is 520. The van der Waals surface area contributed by atoms with Crippen LogP contribution < -0.4 is 15.8 Å². The first kappa shape index (κ1) is 18.4. The maximum Gasteiger partial charge on any atom is 0.344 e. The molecule has 0 saturated heterocycles. The number of amides is 2. The molecule has 0 aliphatic rings. The van der Waals surface area contributed by atoms with E-state index in [2.05, 4.69) is 5.32 Å². The quantitative estimate of drug-likeness (QED) is 0.491. The minimum absolute atomic E-state index is 0.0570. The van der Waals surface area contributed by atoms with Gasteiger partial charge in [-0.15, -0.1) is 0 Å². The van der Waals surface area contributed by atoms with Gasteiger partial charge in [0.25, 0.3) is 0 Å². The highest BCUT2D eigenvalue weighted by molar-refractivity contribution is 5.82. The molecule has 4 N–H and O–H groups in total. The number of hydrogen-bond donors (Lipinski definition) is 3. The third-order valence-electron chi connectivity index (χ3n) is 2.73. The Labute approximate surface area is 133 Å². The molecular formula is C15H20N2O6. The van der Waals surface area contributed by atoms with E-state index >= 15 is 0 Å². The maximum absolute atomic E-state index is 11.6. The van der Waals surface area contributed by atoms with Gasteiger partial charge in [0.05, 0.1) is 13.2 Å². The van der Waals surface area contributed by atoms with E-state index in [-0.39, 0.29) is 26.0 Å². The molecule has 0 aromatic heterocycles. The van der Waals surface area contributed by atoms with Crippen LogP contribution in [-0.2, 0) is 19.1 Å². The Kier molecular flexibility index (Phi) is 8.16. The lowest BCUT2D eigenvalue weighted by Gasteiger charge is -2.16. The number of nitrogens with one attached hydrogen (secondary N) is 1. The van der Waals surface area contributed by atoms with E-state index in [9.17, 15) is 14.4 Å². The summed E-state index contributed by atoms with van der Waals surface area (Å²) in [5.41, 5.74) is 4.93. The number of aliphatic hydroxyl groups is 1. The summed E-state index contributed by atoms with van der Waals surface area (Å²) in [6.07, 6.45) is -1.02. The average molecular weight is 324 g/mol. The van der Waals surface area contributed by atoms with Crippen molar-refractivity contribution < 1.29 is 29.0 Å². The van der Waals surface area contributed by atoms with Crippen LogP contribution in [-0.4, -0.2) is 48.8 Å². The molecule has 0 saturated carbocycles. The molecule has 1 aromatic rings. The third-order valence-corrected chi connectivity index (χ3v) is 2.73. The van der Waals surface area contributed by atoms with Crippen molar-refractivity contribution in [1.29, 1.82) is 0 Å². The molecule has 1 rings (SSSR count). The molecule has 8 nitrogen and oxygen atoms in total. The minimum Gasteiger partial charge on any atom is -0.482 e. The third kappa shape index (κ3) is 8.42. The summed E-state index contributed by atoms with van der Waals surface area (Å²) in [5, 5.41) is 11.6. The monoisotopic (exact) mass is 324 g/mol. The Balaban J connectivity index is 2.27. The average Bonchev–Trinajstić information content (AvgIpc) is 2.55. The molecule has 1 atom stereocenters. The normalized spacial score (nSPS) is 11.3. The maximum atomic E-state index is 11.6. The standard InChI is InChI=1S/C15H20N2O6/c16-13(19)6-7-14(20)17-8-12(9-18)23-15(21)10-22-11-4-2-1-3-5-11/h1-5,12,18H,6-10H2,(H2,16,19)(H,17,20). The van der Waals surface area contributed by atoms with Crippen molar-refractivity contribution in [2.24, 2.45) is 5.73 Å². The van der Waals surface area contributed by atoms with Gasteiger partial charge in [0.15, 0.2) is 6.61 Å². The van der Waals surface area contributed by atoms with Crippen LogP contribution >= 0.6 is 0 Å². The summed E-state index contributed by atoms with van der Waals surface area (Å²) in [6, 6.07) is 8.72. The first-order valence-corrected chi connectivity index (χ1v) is 7.04. The van der Waals surface area contributed by atoms with Gasteiger partial charge in [-0.1, -0.05) is 18.2 Å². The Morgan fingerprint density at radius 2 is 1.87 bits per heavy atom. The molecule has 8 heteroatoms. The molecule has 0 bridgehead atoms. The van der Waals surface area contributed by atoms with Gasteiger partial charge < -0.3 is 25.6 Å². The van der Waals surface area contributed by atoms with Crippen molar-refractivity contribution >= 4 is 17.8 Å². The second-order valence-corrected chi connectivity index (χ2v) is 4.67. The minimum atomic E-state index is -0.889. The van der Waals surface area contributed by atoms with E-state index in [4.69, 9.17) is 20.3 Å². The fourth-order valence-electron chi connectivity index (χ4n) is 1.58. The summed E-state index contributed by atoms with van der Waals surface area (Å²) in [6.45, 7) is -0.825. The van der Waals surface area contributed by atoms with Gasteiger partial charge >= 0.3 is 5.97 Å². The number of rotatable bonds is 10. The molecular weight excluding hydrogens is 304 g/mol. The molecule has 1 unspecified atom stereocenters. The van der Waals surface area contributed by atoms with Crippen molar-refractivity contribution in [3.05, 3.63) is 30.3 Å². The number of hydrogen-bond acceptors (Lipinski definition) is 6. The van der Waals surface area contributed by atoms with Gasteiger partial charge in [-0.25, -0.2) is 4.79 Å². The van der Waals surface area contributed by atoms with E-state index in [0.717, 1.165) is 0 Å². The van der Waals surface area contributed by atoms with E-state index in [1.807, 2.05) is 6.07 Å². The Hall–Kier alpha value is -2.61. The lowest BCUT2D eigenvalue weighted by molar-refractivity contribution is -0.153. The Morgan fingerprint density at radius 3 is 2.48 bits per heavy atom. The summed E-state index contributed by atoms with van der Waals surface area (Å²) in [4.78, 5) is 33.6. The fraction of sp³-hybridized carbons (Fsp3) is 0.400. The van der Waals surface area contributed by atoms with Crippen molar-refractivity contribution in [3.63, 3.8) is 0 Å². The fourth-order valence-corrected chi connectivity index (χ4v) is 1.58. The van der Waals surface area contributed by atoms with Gasteiger partial charge in [-0.2, -0.15) is 0 Å². The predicted molar refractivity (Wildman–Crippen MR) is 80.3 cm³/mol. The highest BCUT2D eigenvalue weighted by Gasteiger charge is 2.15. The van der Waals surface area contributed by atoms with Crippen LogP contribution in [0.3, 0.4) is 0 Å². The van der Waals surface area contributed by atoms with Gasteiger partial charge in [0.2, 0.25) is 11.8 Å². The van der Waals surface area contributed by atoms with Crippen molar-refractivity contribution in [2.75, 3.05) is 19.8 Å². The summed E-state index contributed by atoms with van der Waals surface area (Å²) >= 11 is 0. The number of esters is 1. The molecule has 0 aliphatic carbocycles. The first-order chi connectivity index (χ1) is 11.0. The topological polar surface area (TPSA) is 128 Å². The lowest BCUT2D eigenvalue weighted by Crippen LogP contribution is -2.38. The molecule has 126 valence electrons. The van der Waals surface area contributed by atoms with Crippen LogP contribution in [0.1, 0.15) is 12.8 Å². The number of carbonyl (C=O) groups is 3. The number of benzene rings is 1. The number of primary amides is 1. The van der Waals surface area contributed by atoms with Crippen LogP contribution in [0.5, 0.6) is 5.75 Å². The zero-order valence-electron chi connectivity index (χ0n) is 12.6. The second kappa shape index (κ2) is 10.2. The van der Waals surface area contributed by atoms with Crippen molar-refractivity contribution in [2.45, 2.75) is 18.9 Å². The molecule has 2 amide bonds. The van der Waals surface area contributed by atoms with Crippen LogP contribution in [0.15, 0.2) is 30.3 Å².